The Morgan fingerprint density at radius 1 is 0.714 bits per heavy atom. The SMILES string of the molecule is CC(O)CNC(=O)/C(=C/[C@@H](OCc1ccccc1)[C@H](OCc1ccccc1)[C@@H](COCc1ccccc1)O[Si](C)(C)C(C)(C)C)NC(=O)OCc1ccccc1. The Balaban J connectivity index is 1.79. The molecule has 3 N–H and O–H groups in total. The first-order valence-electron chi connectivity index (χ1n) is 19.1. The summed E-state index contributed by atoms with van der Waals surface area (Å²) < 4.78 is 32.6. The minimum atomic E-state index is -2.49. The van der Waals surface area contributed by atoms with Crippen LogP contribution in [0.4, 0.5) is 4.79 Å². The number of carbonyl (C=O) groups is 2. The molecule has 4 rings (SSSR count). The Hall–Kier alpha value is -4.62. The zero-order valence-corrected chi connectivity index (χ0v) is 34.5. The molecular weight excluding hydrogens is 725 g/mol. The average Bonchev–Trinajstić information content (AvgIpc) is 3.18. The molecule has 300 valence electrons. The minimum absolute atomic E-state index is 0.00677. The fourth-order valence-electron chi connectivity index (χ4n) is 5.35. The van der Waals surface area contributed by atoms with Crippen molar-refractivity contribution < 1.29 is 38.1 Å². The molecular formula is C45H58N2O8Si. The van der Waals surface area contributed by atoms with Crippen molar-refractivity contribution in [3.05, 3.63) is 155 Å². The largest absolute Gasteiger partial charge is 0.444 e. The first kappa shape index (κ1) is 44.1. The number of carbonyl (C=O) groups excluding carboxylic acids is 2. The van der Waals surface area contributed by atoms with Crippen molar-refractivity contribution in [1.29, 1.82) is 0 Å². The second-order valence-electron chi connectivity index (χ2n) is 15.3. The first-order chi connectivity index (χ1) is 26.8. The number of amides is 2. The number of aliphatic hydroxyl groups is 1. The van der Waals surface area contributed by atoms with E-state index in [-0.39, 0.29) is 43.7 Å². The highest BCUT2D eigenvalue weighted by atomic mass is 28.4. The summed E-state index contributed by atoms with van der Waals surface area (Å²) in [6.45, 7) is 13.2. The lowest BCUT2D eigenvalue weighted by atomic mass is 10.1. The van der Waals surface area contributed by atoms with Gasteiger partial charge in [-0.25, -0.2) is 4.79 Å². The molecule has 0 bridgehead atoms. The van der Waals surface area contributed by atoms with Crippen molar-refractivity contribution in [2.45, 2.75) is 96.7 Å². The van der Waals surface area contributed by atoms with E-state index in [0.29, 0.717) is 6.61 Å². The number of alkyl carbamates (subject to hydrolysis) is 1. The Labute approximate surface area is 333 Å². The molecule has 0 saturated heterocycles. The van der Waals surface area contributed by atoms with Gasteiger partial charge >= 0.3 is 6.09 Å². The van der Waals surface area contributed by atoms with Crippen LogP contribution in [0.5, 0.6) is 0 Å². The maximum atomic E-state index is 13.8. The second-order valence-corrected chi connectivity index (χ2v) is 20.0. The molecule has 0 aliphatic rings. The standard InChI is InChI=1S/C45H58N2O8Si/c1-34(48)28-46-43(49)39(47-44(50)54-32-38-25-17-10-18-26-38)27-40(52-30-36-21-13-8-14-22-36)42(53-31-37-23-15-9-16-24-37)41(55-56(5,6)45(2,3)4)33-51-29-35-19-11-7-12-20-35/h7-27,34,40-42,48H,28-33H2,1-6H3,(H,46,49)(H,47,50)/b39-27-/t34?,40-,41-,42+/m1/s1. The van der Waals surface area contributed by atoms with Gasteiger partial charge in [-0.1, -0.05) is 142 Å². The summed E-state index contributed by atoms with van der Waals surface area (Å²) in [5, 5.41) is 15.2. The van der Waals surface area contributed by atoms with Gasteiger partial charge in [-0.3, -0.25) is 10.1 Å². The molecule has 0 saturated carbocycles. The number of hydrogen-bond acceptors (Lipinski definition) is 8. The molecule has 0 radical (unpaired) electrons. The Kier molecular flexibility index (Phi) is 17.5. The molecule has 10 nitrogen and oxygen atoms in total. The molecule has 0 heterocycles. The normalized spacial score (nSPS) is 14.3. The summed E-state index contributed by atoms with van der Waals surface area (Å²) in [6, 6.07) is 38.6. The van der Waals surface area contributed by atoms with E-state index in [2.05, 4.69) is 44.5 Å². The first-order valence-corrected chi connectivity index (χ1v) is 22.0. The van der Waals surface area contributed by atoms with Crippen LogP contribution >= 0.6 is 0 Å². The van der Waals surface area contributed by atoms with Gasteiger partial charge in [0.15, 0.2) is 8.32 Å². The second kappa shape index (κ2) is 22.2. The zero-order chi connectivity index (χ0) is 40.4. The maximum Gasteiger partial charge on any atom is 0.412 e. The molecule has 0 fully saturated rings. The molecule has 2 amide bonds. The van der Waals surface area contributed by atoms with Gasteiger partial charge in [-0.05, 0) is 53.4 Å². The summed E-state index contributed by atoms with van der Waals surface area (Å²) in [6.07, 6.45) is -2.61. The molecule has 11 heteroatoms. The van der Waals surface area contributed by atoms with Crippen molar-refractivity contribution in [2.24, 2.45) is 0 Å². The third-order valence-corrected chi connectivity index (χ3v) is 14.0. The topological polar surface area (TPSA) is 125 Å². The number of hydrogen-bond donors (Lipinski definition) is 3. The van der Waals surface area contributed by atoms with Crippen molar-refractivity contribution in [2.75, 3.05) is 13.2 Å². The molecule has 4 aromatic rings. The van der Waals surface area contributed by atoms with E-state index in [4.69, 9.17) is 23.4 Å². The average molecular weight is 783 g/mol. The summed E-state index contributed by atoms with van der Waals surface area (Å²) in [5.74, 6) is -0.639. The maximum absolute atomic E-state index is 13.8. The quantitative estimate of drug-likeness (QED) is 0.0573. The molecule has 4 aromatic carbocycles. The van der Waals surface area contributed by atoms with Gasteiger partial charge in [0.05, 0.1) is 38.6 Å². The predicted molar refractivity (Wildman–Crippen MR) is 221 cm³/mol. The van der Waals surface area contributed by atoms with Crippen LogP contribution in [0.2, 0.25) is 18.1 Å². The van der Waals surface area contributed by atoms with Gasteiger partial charge in [0.2, 0.25) is 0 Å². The van der Waals surface area contributed by atoms with E-state index in [1.807, 2.05) is 121 Å². The van der Waals surface area contributed by atoms with E-state index in [0.717, 1.165) is 22.3 Å². The van der Waals surface area contributed by atoms with E-state index in [1.54, 1.807) is 13.0 Å². The lowest BCUT2D eigenvalue weighted by Crippen LogP contribution is -2.52. The molecule has 0 spiro atoms. The van der Waals surface area contributed by atoms with Crippen LogP contribution in [-0.2, 0) is 54.6 Å². The summed E-state index contributed by atoms with van der Waals surface area (Å²) in [5.41, 5.74) is 3.48. The lowest BCUT2D eigenvalue weighted by molar-refractivity contribution is -0.130. The molecule has 0 aliphatic carbocycles. The molecule has 0 aliphatic heterocycles. The summed E-state index contributed by atoms with van der Waals surface area (Å²) >= 11 is 0. The monoisotopic (exact) mass is 782 g/mol. The molecule has 0 aromatic heterocycles. The number of ether oxygens (including phenoxy) is 4. The molecule has 56 heavy (non-hydrogen) atoms. The molecule has 4 atom stereocenters. The van der Waals surface area contributed by atoms with E-state index in [1.165, 1.54) is 0 Å². The van der Waals surface area contributed by atoms with Crippen LogP contribution < -0.4 is 10.6 Å². The van der Waals surface area contributed by atoms with Crippen LogP contribution in [0.1, 0.15) is 49.9 Å². The minimum Gasteiger partial charge on any atom is -0.444 e. The lowest BCUT2D eigenvalue weighted by Gasteiger charge is -2.42. The smallest absolute Gasteiger partial charge is 0.412 e. The molecule has 1 unspecified atom stereocenters. The Bertz CT molecular complexity index is 1770. The third kappa shape index (κ3) is 15.1. The van der Waals surface area contributed by atoms with E-state index < -0.39 is 44.7 Å². The van der Waals surface area contributed by atoms with Crippen molar-refractivity contribution in [3.63, 3.8) is 0 Å². The highest BCUT2D eigenvalue weighted by Gasteiger charge is 2.43. The number of rotatable bonds is 21. The number of aliphatic hydroxyl groups excluding tert-OH is 1. The van der Waals surface area contributed by atoms with Crippen LogP contribution in [-0.4, -0.2) is 63.0 Å². The van der Waals surface area contributed by atoms with Crippen molar-refractivity contribution in [1.82, 2.24) is 10.6 Å². The van der Waals surface area contributed by atoms with Crippen molar-refractivity contribution in [3.8, 4) is 0 Å². The fraction of sp³-hybridized carbons (Fsp3) is 0.378. The number of benzene rings is 4. The van der Waals surface area contributed by atoms with Gasteiger partial charge in [-0.15, -0.1) is 0 Å². The van der Waals surface area contributed by atoms with E-state index in [9.17, 15) is 14.7 Å². The van der Waals surface area contributed by atoms with Crippen LogP contribution in [0, 0.1) is 0 Å². The number of nitrogens with one attached hydrogen (secondary N) is 2. The Morgan fingerprint density at radius 2 is 1.18 bits per heavy atom. The summed E-state index contributed by atoms with van der Waals surface area (Å²) in [4.78, 5) is 27.1. The van der Waals surface area contributed by atoms with Gasteiger partial charge in [0, 0.05) is 6.54 Å². The highest BCUT2D eigenvalue weighted by Crippen LogP contribution is 2.38. The van der Waals surface area contributed by atoms with Gasteiger partial charge < -0.3 is 33.8 Å². The van der Waals surface area contributed by atoms with Crippen molar-refractivity contribution >= 4 is 20.3 Å². The summed E-state index contributed by atoms with van der Waals surface area (Å²) in [7, 11) is -2.49. The fourth-order valence-corrected chi connectivity index (χ4v) is 6.66. The van der Waals surface area contributed by atoms with E-state index >= 15 is 0 Å². The predicted octanol–water partition coefficient (Wildman–Crippen LogP) is 8.07. The van der Waals surface area contributed by atoms with Gasteiger partial charge in [0.1, 0.15) is 24.5 Å². The van der Waals surface area contributed by atoms with Crippen LogP contribution in [0.15, 0.2) is 133 Å². The Morgan fingerprint density at radius 3 is 1.66 bits per heavy atom. The van der Waals surface area contributed by atoms with Gasteiger partial charge in [-0.2, -0.15) is 0 Å². The third-order valence-electron chi connectivity index (χ3n) is 9.49. The zero-order valence-electron chi connectivity index (χ0n) is 33.5. The van der Waals surface area contributed by atoms with Gasteiger partial charge in [0.25, 0.3) is 5.91 Å². The van der Waals surface area contributed by atoms with Crippen LogP contribution in [0.3, 0.4) is 0 Å². The van der Waals surface area contributed by atoms with Crippen LogP contribution in [0.25, 0.3) is 0 Å². The highest BCUT2D eigenvalue weighted by molar-refractivity contribution is 6.74.